The van der Waals surface area contributed by atoms with E-state index in [1.54, 1.807) is 44.4 Å². The van der Waals surface area contributed by atoms with Gasteiger partial charge in [-0.3, -0.25) is 4.98 Å². The molecule has 0 atom stereocenters. The lowest BCUT2D eigenvalue weighted by Crippen LogP contribution is -2.09. The fourth-order valence-electron chi connectivity index (χ4n) is 2.47. The number of esters is 1. The van der Waals surface area contributed by atoms with E-state index < -0.39 is 5.97 Å². The van der Waals surface area contributed by atoms with Crippen molar-refractivity contribution in [1.29, 1.82) is 0 Å². The molecule has 1 N–H and O–H groups in total. The molecule has 0 saturated heterocycles. The highest BCUT2D eigenvalue weighted by Crippen LogP contribution is 2.32. The molecule has 1 aromatic heterocycles. The number of methoxy groups -OCH3 is 1. The second kappa shape index (κ2) is 7.17. The summed E-state index contributed by atoms with van der Waals surface area (Å²) < 4.78 is 23.5. The summed E-state index contributed by atoms with van der Waals surface area (Å²) in [6.45, 7) is 1.99. The monoisotopic (exact) mass is 340 g/mol. The Morgan fingerprint density at radius 2 is 1.96 bits per heavy atom. The number of ether oxygens (including phenoxy) is 2. The lowest BCUT2D eigenvalue weighted by Gasteiger charge is -2.15. The number of rotatable bonds is 5. The van der Waals surface area contributed by atoms with E-state index >= 15 is 0 Å². The van der Waals surface area contributed by atoms with E-state index in [0.29, 0.717) is 33.6 Å². The first-order valence-corrected chi connectivity index (χ1v) is 7.79. The van der Waals surface area contributed by atoms with Crippen LogP contribution in [0.15, 0.2) is 48.7 Å². The number of nitrogens with zero attached hydrogens (tertiary/aromatic N) is 1. The van der Waals surface area contributed by atoms with Crippen LogP contribution >= 0.6 is 0 Å². The number of anilines is 2. The first kappa shape index (κ1) is 16.7. The summed E-state index contributed by atoms with van der Waals surface area (Å²) in [6, 6.07) is 11.3. The van der Waals surface area contributed by atoms with E-state index in [2.05, 4.69) is 10.3 Å². The van der Waals surface area contributed by atoms with Gasteiger partial charge in [-0.15, -0.1) is 0 Å². The molecule has 0 unspecified atom stereocenters. The maximum atomic E-state index is 13.2. The summed E-state index contributed by atoms with van der Waals surface area (Å²) in [5, 5.41) is 3.87. The molecule has 5 nitrogen and oxygen atoms in total. The second-order valence-electron chi connectivity index (χ2n) is 5.28. The Kier molecular flexibility index (Phi) is 4.79. The highest BCUT2D eigenvalue weighted by atomic mass is 19.1. The fourth-order valence-corrected chi connectivity index (χ4v) is 2.47. The van der Waals surface area contributed by atoms with Crippen LogP contribution in [0.25, 0.3) is 10.9 Å². The van der Waals surface area contributed by atoms with Crippen LogP contribution in [0.1, 0.15) is 17.3 Å². The molecule has 0 bridgehead atoms. The Labute approximate surface area is 144 Å². The molecule has 0 fully saturated rings. The minimum atomic E-state index is -0.482. The van der Waals surface area contributed by atoms with Crippen molar-refractivity contribution >= 4 is 28.2 Å². The standard InChI is InChI=1S/C19H17FN2O3/c1-3-25-19(23)16-11-21-17-9-8-14(24-2)10-15(17)18(16)22-13-6-4-12(20)5-7-13/h4-11H,3H2,1-2H3,(H,21,22). The predicted octanol–water partition coefficient (Wildman–Crippen LogP) is 4.30. The normalized spacial score (nSPS) is 10.5. The summed E-state index contributed by atoms with van der Waals surface area (Å²) in [5.74, 6) is -0.181. The minimum Gasteiger partial charge on any atom is -0.497 e. The largest absolute Gasteiger partial charge is 0.497 e. The molecule has 1 heterocycles. The first-order chi connectivity index (χ1) is 12.1. The quantitative estimate of drug-likeness (QED) is 0.702. The van der Waals surface area contributed by atoms with Crippen molar-refractivity contribution in [3.63, 3.8) is 0 Å². The molecule has 0 saturated carbocycles. The number of carbonyl (C=O) groups excluding carboxylic acids is 1. The highest BCUT2D eigenvalue weighted by Gasteiger charge is 2.17. The average Bonchev–Trinajstić information content (AvgIpc) is 2.63. The zero-order chi connectivity index (χ0) is 17.8. The van der Waals surface area contributed by atoms with Crippen molar-refractivity contribution in [2.75, 3.05) is 19.0 Å². The molecule has 2 aromatic carbocycles. The SMILES string of the molecule is CCOC(=O)c1cnc2ccc(OC)cc2c1Nc1ccc(F)cc1. The molecule has 25 heavy (non-hydrogen) atoms. The number of pyridine rings is 1. The second-order valence-corrected chi connectivity index (χ2v) is 5.28. The third-order valence-electron chi connectivity index (χ3n) is 3.68. The van der Waals surface area contributed by atoms with Crippen molar-refractivity contribution in [3.05, 3.63) is 60.0 Å². The molecular weight excluding hydrogens is 323 g/mol. The summed E-state index contributed by atoms with van der Waals surface area (Å²) in [7, 11) is 1.57. The summed E-state index contributed by atoms with van der Waals surface area (Å²) >= 11 is 0. The summed E-state index contributed by atoms with van der Waals surface area (Å²) in [5.41, 5.74) is 2.17. The maximum Gasteiger partial charge on any atom is 0.341 e. The van der Waals surface area contributed by atoms with Gasteiger partial charge in [0.25, 0.3) is 0 Å². The highest BCUT2D eigenvalue weighted by molar-refractivity contribution is 6.06. The molecule has 0 amide bonds. The van der Waals surface area contributed by atoms with Gasteiger partial charge in [-0.1, -0.05) is 0 Å². The molecule has 0 aliphatic rings. The van der Waals surface area contributed by atoms with E-state index in [1.807, 2.05) is 0 Å². The number of halogens is 1. The number of benzene rings is 2. The Morgan fingerprint density at radius 1 is 1.20 bits per heavy atom. The van der Waals surface area contributed by atoms with Crippen LogP contribution in [0.2, 0.25) is 0 Å². The summed E-state index contributed by atoms with van der Waals surface area (Å²) in [6.07, 6.45) is 1.47. The number of fused-ring (bicyclic) bond motifs is 1. The Balaban J connectivity index is 2.16. The topological polar surface area (TPSA) is 60.5 Å². The van der Waals surface area contributed by atoms with E-state index in [0.717, 1.165) is 0 Å². The van der Waals surface area contributed by atoms with Gasteiger partial charge in [-0.05, 0) is 49.4 Å². The van der Waals surface area contributed by atoms with Crippen molar-refractivity contribution in [2.45, 2.75) is 6.92 Å². The maximum absolute atomic E-state index is 13.2. The van der Waals surface area contributed by atoms with Crippen molar-refractivity contribution < 1.29 is 18.7 Å². The van der Waals surface area contributed by atoms with Crippen LogP contribution in [0.4, 0.5) is 15.8 Å². The summed E-state index contributed by atoms with van der Waals surface area (Å²) in [4.78, 5) is 16.6. The molecule has 3 rings (SSSR count). The molecule has 0 spiro atoms. The third-order valence-corrected chi connectivity index (χ3v) is 3.68. The van der Waals surface area contributed by atoms with Crippen molar-refractivity contribution in [3.8, 4) is 5.75 Å². The van der Waals surface area contributed by atoms with Gasteiger partial charge in [0.05, 0.1) is 24.9 Å². The molecule has 0 radical (unpaired) electrons. The number of carbonyl (C=O) groups is 1. The number of hydrogen-bond donors (Lipinski definition) is 1. The lowest BCUT2D eigenvalue weighted by atomic mass is 10.1. The van der Waals surface area contributed by atoms with Crippen LogP contribution in [0, 0.1) is 5.82 Å². The third kappa shape index (κ3) is 3.52. The zero-order valence-corrected chi connectivity index (χ0v) is 13.9. The first-order valence-electron chi connectivity index (χ1n) is 7.79. The number of hydrogen-bond acceptors (Lipinski definition) is 5. The fraction of sp³-hybridized carbons (Fsp3) is 0.158. The molecule has 0 aliphatic carbocycles. The molecule has 3 aromatic rings. The van der Waals surface area contributed by atoms with Crippen LogP contribution < -0.4 is 10.1 Å². The number of aromatic nitrogens is 1. The van der Waals surface area contributed by atoms with Crippen molar-refractivity contribution in [1.82, 2.24) is 4.98 Å². The Hall–Kier alpha value is -3.15. The van der Waals surface area contributed by atoms with Gasteiger partial charge in [-0.25, -0.2) is 9.18 Å². The smallest absolute Gasteiger partial charge is 0.341 e. The van der Waals surface area contributed by atoms with Gasteiger partial charge in [0.15, 0.2) is 0 Å². The van der Waals surface area contributed by atoms with E-state index in [-0.39, 0.29) is 12.4 Å². The van der Waals surface area contributed by atoms with E-state index in [9.17, 15) is 9.18 Å². The molecular formula is C19H17FN2O3. The van der Waals surface area contributed by atoms with Crippen LogP contribution in [-0.2, 0) is 4.74 Å². The van der Waals surface area contributed by atoms with Crippen molar-refractivity contribution in [2.24, 2.45) is 0 Å². The van der Waals surface area contributed by atoms with Gasteiger partial charge < -0.3 is 14.8 Å². The Bertz CT molecular complexity index is 910. The van der Waals surface area contributed by atoms with Gasteiger partial charge in [0, 0.05) is 17.3 Å². The number of nitrogens with one attached hydrogen (secondary N) is 1. The average molecular weight is 340 g/mol. The lowest BCUT2D eigenvalue weighted by molar-refractivity contribution is 0.0527. The van der Waals surface area contributed by atoms with Crippen LogP contribution in [0.5, 0.6) is 5.75 Å². The van der Waals surface area contributed by atoms with Gasteiger partial charge in [0.2, 0.25) is 0 Å². The van der Waals surface area contributed by atoms with E-state index in [1.165, 1.54) is 18.3 Å². The van der Waals surface area contributed by atoms with Gasteiger partial charge in [0.1, 0.15) is 17.1 Å². The Morgan fingerprint density at radius 3 is 2.64 bits per heavy atom. The zero-order valence-electron chi connectivity index (χ0n) is 13.9. The molecule has 0 aliphatic heterocycles. The van der Waals surface area contributed by atoms with Gasteiger partial charge in [-0.2, -0.15) is 0 Å². The minimum absolute atomic E-state index is 0.255. The molecule has 128 valence electrons. The molecule has 6 heteroatoms. The van der Waals surface area contributed by atoms with Crippen LogP contribution in [-0.4, -0.2) is 24.7 Å². The predicted molar refractivity (Wildman–Crippen MR) is 93.9 cm³/mol. The van der Waals surface area contributed by atoms with Gasteiger partial charge >= 0.3 is 5.97 Å². The van der Waals surface area contributed by atoms with E-state index in [4.69, 9.17) is 9.47 Å². The van der Waals surface area contributed by atoms with Crippen LogP contribution in [0.3, 0.4) is 0 Å².